The molecule has 4 heteroatoms. The molecule has 0 aromatic rings. The molecule has 1 aliphatic heterocycles. The Kier molecular flexibility index (Phi) is 4.54. The van der Waals surface area contributed by atoms with Gasteiger partial charge >= 0.3 is 5.97 Å². The number of carboxylic acid groups (broad SMARTS) is 1. The highest BCUT2D eigenvalue weighted by atomic mass is 16.5. The first-order chi connectivity index (χ1) is 7.17. The van der Waals surface area contributed by atoms with E-state index in [-0.39, 0.29) is 0 Å². The molecule has 1 heterocycles. The minimum absolute atomic E-state index is 0.628. The summed E-state index contributed by atoms with van der Waals surface area (Å²) < 4.78 is 5.28. The monoisotopic (exact) mass is 215 g/mol. The van der Waals surface area contributed by atoms with Gasteiger partial charge in [-0.05, 0) is 32.7 Å². The smallest absolute Gasteiger partial charge is 0.324 e. The van der Waals surface area contributed by atoms with Crippen molar-refractivity contribution in [1.82, 2.24) is 4.90 Å². The first kappa shape index (κ1) is 12.5. The van der Waals surface area contributed by atoms with E-state index < -0.39 is 11.5 Å². The van der Waals surface area contributed by atoms with Gasteiger partial charge in [-0.15, -0.1) is 0 Å². The van der Waals surface area contributed by atoms with Crippen LogP contribution < -0.4 is 0 Å². The van der Waals surface area contributed by atoms with Gasteiger partial charge in [-0.2, -0.15) is 0 Å². The zero-order chi connectivity index (χ0) is 11.3. The number of hydrogen-bond donors (Lipinski definition) is 1. The van der Waals surface area contributed by atoms with Gasteiger partial charge in [0.1, 0.15) is 5.54 Å². The maximum absolute atomic E-state index is 11.3. The van der Waals surface area contributed by atoms with Gasteiger partial charge in [0.25, 0.3) is 0 Å². The molecular formula is C11H21NO3. The average molecular weight is 215 g/mol. The summed E-state index contributed by atoms with van der Waals surface area (Å²) in [6, 6.07) is 0. The molecule has 0 amide bonds. The van der Waals surface area contributed by atoms with Crippen LogP contribution in [0.2, 0.25) is 0 Å². The predicted molar refractivity (Wildman–Crippen MR) is 58.0 cm³/mol. The molecule has 0 spiro atoms. The fraction of sp³-hybridized carbons (Fsp3) is 0.909. The number of nitrogens with zero attached hydrogens (tertiary/aromatic N) is 1. The topological polar surface area (TPSA) is 49.8 Å². The minimum Gasteiger partial charge on any atom is -0.480 e. The first-order valence-electron chi connectivity index (χ1n) is 5.73. The fourth-order valence-electron chi connectivity index (χ4n) is 2.37. The van der Waals surface area contributed by atoms with Gasteiger partial charge in [-0.1, -0.05) is 6.92 Å². The van der Waals surface area contributed by atoms with Crippen molar-refractivity contribution in [2.75, 3.05) is 26.3 Å². The average Bonchev–Trinajstić information content (AvgIpc) is 2.62. The lowest BCUT2D eigenvalue weighted by molar-refractivity contribution is -0.150. The maximum Gasteiger partial charge on any atom is 0.324 e. The van der Waals surface area contributed by atoms with Gasteiger partial charge in [0, 0.05) is 13.2 Å². The summed E-state index contributed by atoms with van der Waals surface area (Å²) in [6.07, 6.45) is 2.42. The molecule has 1 rings (SSSR count). The number of carboxylic acids is 1. The number of rotatable bonds is 6. The van der Waals surface area contributed by atoms with E-state index in [9.17, 15) is 9.90 Å². The second kappa shape index (κ2) is 5.47. The van der Waals surface area contributed by atoms with Crippen molar-refractivity contribution in [3.8, 4) is 0 Å². The Hall–Kier alpha value is -0.610. The Morgan fingerprint density at radius 1 is 1.53 bits per heavy atom. The van der Waals surface area contributed by atoms with Crippen LogP contribution in [-0.4, -0.2) is 47.8 Å². The third kappa shape index (κ3) is 2.49. The summed E-state index contributed by atoms with van der Waals surface area (Å²) in [5.74, 6) is -0.681. The van der Waals surface area contributed by atoms with E-state index in [0.29, 0.717) is 19.6 Å². The Morgan fingerprint density at radius 3 is 2.80 bits per heavy atom. The molecule has 15 heavy (non-hydrogen) atoms. The van der Waals surface area contributed by atoms with E-state index in [1.165, 1.54) is 0 Å². The van der Waals surface area contributed by atoms with E-state index in [1.807, 2.05) is 13.8 Å². The standard InChI is InChI=1S/C11H21NO3/c1-3-11(10(13)14)6-5-7-12(11)8-9-15-4-2/h3-9H2,1-2H3,(H,13,14). The number of hydrogen-bond acceptors (Lipinski definition) is 3. The van der Waals surface area contributed by atoms with E-state index in [1.54, 1.807) is 0 Å². The summed E-state index contributed by atoms with van der Waals surface area (Å²) in [5, 5.41) is 9.31. The Morgan fingerprint density at radius 2 is 2.27 bits per heavy atom. The van der Waals surface area contributed by atoms with Crippen molar-refractivity contribution < 1.29 is 14.6 Å². The highest BCUT2D eigenvalue weighted by Gasteiger charge is 2.45. The molecule has 1 unspecified atom stereocenters. The lowest BCUT2D eigenvalue weighted by Gasteiger charge is -2.33. The predicted octanol–water partition coefficient (Wildman–Crippen LogP) is 1.35. The van der Waals surface area contributed by atoms with Crippen molar-refractivity contribution in [1.29, 1.82) is 0 Å². The van der Waals surface area contributed by atoms with Gasteiger partial charge in [-0.3, -0.25) is 9.69 Å². The molecule has 0 bridgehead atoms. The maximum atomic E-state index is 11.3. The lowest BCUT2D eigenvalue weighted by atomic mass is 9.93. The molecule has 1 atom stereocenters. The van der Waals surface area contributed by atoms with Crippen LogP contribution >= 0.6 is 0 Å². The molecule has 1 saturated heterocycles. The molecule has 88 valence electrons. The van der Waals surface area contributed by atoms with Crippen molar-refractivity contribution in [3.63, 3.8) is 0 Å². The van der Waals surface area contributed by atoms with Gasteiger partial charge in [-0.25, -0.2) is 0 Å². The van der Waals surface area contributed by atoms with Crippen LogP contribution in [0.3, 0.4) is 0 Å². The van der Waals surface area contributed by atoms with Crippen LogP contribution in [0.4, 0.5) is 0 Å². The highest BCUT2D eigenvalue weighted by molar-refractivity contribution is 5.79. The van der Waals surface area contributed by atoms with Crippen LogP contribution in [0.5, 0.6) is 0 Å². The van der Waals surface area contributed by atoms with Crippen molar-refractivity contribution >= 4 is 5.97 Å². The third-order valence-electron chi connectivity index (χ3n) is 3.32. The van der Waals surface area contributed by atoms with Gasteiger partial charge < -0.3 is 9.84 Å². The number of likely N-dealkylation sites (tertiary alicyclic amines) is 1. The minimum atomic E-state index is -0.681. The molecule has 0 aromatic heterocycles. The zero-order valence-electron chi connectivity index (χ0n) is 9.66. The molecule has 1 aliphatic rings. The third-order valence-corrected chi connectivity index (χ3v) is 3.32. The molecule has 1 fully saturated rings. The van der Waals surface area contributed by atoms with Crippen molar-refractivity contribution in [3.05, 3.63) is 0 Å². The summed E-state index contributed by atoms with van der Waals surface area (Å²) >= 11 is 0. The lowest BCUT2D eigenvalue weighted by Crippen LogP contribution is -2.51. The van der Waals surface area contributed by atoms with Crippen LogP contribution in [-0.2, 0) is 9.53 Å². The SMILES string of the molecule is CCOCCN1CCCC1(CC)C(=O)O. The van der Waals surface area contributed by atoms with Crippen LogP contribution in [0.1, 0.15) is 33.1 Å². The Labute approximate surface area is 91.2 Å². The van der Waals surface area contributed by atoms with Crippen LogP contribution in [0.15, 0.2) is 0 Å². The number of ether oxygens (including phenoxy) is 1. The van der Waals surface area contributed by atoms with E-state index in [4.69, 9.17) is 4.74 Å². The molecule has 0 aliphatic carbocycles. The largest absolute Gasteiger partial charge is 0.480 e. The van der Waals surface area contributed by atoms with E-state index >= 15 is 0 Å². The number of carbonyl (C=O) groups is 1. The van der Waals surface area contributed by atoms with Crippen molar-refractivity contribution in [2.24, 2.45) is 0 Å². The summed E-state index contributed by atoms with van der Waals surface area (Å²) in [6.45, 7) is 6.84. The molecule has 0 saturated carbocycles. The number of aliphatic carboxylic acids is 1. The van der Waals surface area contributed by atoms with E-state index in [2.05, 4.69) is 4.90 Å². The molecule has 4 nitrogen and oxygen atoms in total. The van der Waals surface area contributed by atoms with Gasteiger partial charge in [0.2, 0.25) is 0 Å². The van der Waals surface area contributed by atoms with Gasteiger partial charge in [0.15, 0.2) is 0 Å². The fourth-order valence-corrected chi connectivity index (χ4v) is 2.37. The normalized spacial score (nSPS) is 27.1. The van der Waals surface area contributed by atoms with Crippen LogP contribution in [0, 0.1) is 0 Å². The highest BCUT2D eigenvalue weighted by Crippen LogP contribution is 2.32. The summed E-state index contributed by atoms with van der Waals surface area (Å²) in [4.78, 5) is 13.4. The molecule has 0 radical (unpaired) electrons. The second-order valence-corrected chi connectivity index (χ2v) is 3.98. The first-order valence-corrected chi connectivity index (χ1v) is 5.73. The molecule has 1 N–H and O–H groups in total. The molecular weight excluding hydrogens is 194 g/mol. The van der Waals surface area contributed by atoms with E-state index in [0.717, 1.165) is 25.9 Å². The quantitative estimate of drug-likeness (QED) is 0.679. The summed E-state index contributed by atoms with van der Waals surface area (Å²) in [7, 11) is 0. The Balaban J connectivity index is 2.57. The van der Waals surface area contributed by atoms with Crippen LogP contribution in [0.25, 0.3) is 0 Å². The zero-order valence-corrected chi connectivity index (χ0v) is 9.66. The molecule has 0 aromatic carbocycles. The summed E-state index contributed by atoms with van der Waals surface area (Å²) in [5.41, 5.74) is -0.628. The Bertz CT molecular complexity index is 220. The van der Waals surface area contributed by atoms with Crippen molar-refractivity contribution in [2.45, 2.75) is 38.6 Å². The van der Waals surface area contributed by atoms with Gasteiger partial charge in [0.05, 0.1) is 6.61 Å². The second-order valence-electron chi connectivity index (χ2n) is 3.98.